The number of nitrogens with one attached hydrogen (secondary N) is 1. The summed E-state index contributed by atoms with van der Waals surface area (Å²) in [5.41, 5.74) is 9.13. The van der Waals surface area contributed by atoms with Gasteiger partial charge in [-0.3, -0.25) is 9.78 Å². The molecule has 0 radical (unpaired) electrons. The zero-order chi connectivity index (χ0) is 29.0. The van der Waals surface area contributed by atoms with Gasteiger partial charge in [-0.25, -0.2) is 0 Å². The van der Waals surface area contributed by atoms with Crippen molar-refractivity contribution >= 4 is 33.7 Å². The smallest absolute Gasteiger partial charge is 0.416 e. The second-order valence-corrected chi connectivity index (χ2v) is 9.42. The molecule has 0 amide bonds. The number of pyridine rings is 1. The quantitative estimate of drug-likeness (QED) is 0.192. The fourth-order valence-electron chi connectivity index (χ4n) is 4.41. The standard InChI is InChI=1S/C32H23F3N4O2/c33-32(34,35)23-5-1-3-20(13-23)14-26(40)15-21-4-2-6-28(16-21)41-27-10-8-25(9-11-27)39-31-22(18-36)19-38-30-12-7-24(37)17-29(30)31/h1-13,16-17,19H,14-15,37H2,(H,38,39). The Labute approximate surface area is 233 Å². The van der Waals surface area contributed by atoms with Crippen LogP contribution >= 0.6 is 0 Å². The number of nitrogens with two attached hydrogens (primary N) is 1. The molecule has 0 aliphatic carbocycles. The second kappa shape index (κ2) is 11.4. The van der Waals surface area contributed by atoms with Gasteiger partial charge in [0, 0.05) is 35.8 Å². The van der Waals surface area contributed by atoms with E-state index in [1.165, 1.54) is 18.3 Å². The Kier molecular flexibility index (Phi) is 7.57. The SMILES string of the molecule is N#Cc1cnc2ccc(N)cc2c1Nc1ccc(Oc2cccc(CC(=O)Cc3cccc(C(F)(F)F)c3)c2)cc1. The number of nitrogens with zero attached hydrogens (tertiary/aromatic N) is 2. The van der Waals surface area contributed by atoms with Crippen LogP contribution in [0.4, 0.5) is 30.2 Å². The zero-order valence-corrected chi connectivity index (χ0v) is 21.6. The maximum absolute atomic E-state index is 13.0. The minimum Gasteiger partial charge on any atom is -0.457 e. The van der Waals surface area contributed by atoms with E-state index in [4.69, 9.17) is 10.5 Å². The molecule has 41 heavy (non-hydrogen) atoms. The van der Waals surface area contributed by atoms with Crippen LogP contribution in [-0.4, -0.2) is 10.8 Å². The fraction of sp³-hybridized carbons (Fsp3) is 0.0938. The van der Waals surface area contributed by atoms with Crippen LogP contribution < -0.4 is 15.8 Å². The number of ether oxygens (including phenoxy) is 1. The molecular weight excluding hydrogens is 529 g/mol. The van der Waals surface area contributed by atoms with Crippen molar-refractivity contribution in [3.8, 4) is 17.6 Å². The summed E-state index contributed by atoms with van der Waals surface area (Å²) in [6, 6.07) is 26.4. The number of halogens is 3. The number of fused-ring (bicyclic) bond motifs is 1. The third-order valence-electron chi connectivity index (χ3n) is 6.33. The number of ketones is 1. The van der Waals surface area contributed by atoms with Gasteiger partial charge >= 0.3 is 6.18 Å². The number of benzene rings is 4. The molecule has 4 aromatic carbocycles. The van der Waals surface area contributed by atoms with Gasteiger partial charge in [-0.05, 0) is 71.8 Å². The first-order chi connectivity index (χ1) is 19.7. The predicted molar refractivity (Wildman–Crippen MR) is 151 cm³/mol. The molecule has 0 saturated carbocycles. The number of carbonyl (C=O) groups excluding carboxylic acids is 1. The van der Waals surface area contributed by atoms with Crippen LogP contribution in [0, 0.1) is 11.3 Å². The van der Waals surface area contributed by atoms with Gasteiger partial charge in [-0.2, -0.15) is 18.4 Å². The number of hydrogen-bond donors (Lipinski definition) is 2. The molecule has 1 heterocycles. The molecule has 0 saturated heterocycles. The lowest BCUT2D eigenvalue weighted by Crippen LogP contribution is -2.09. The maximum atomic E-state index is 13.0. The highest BCUT2D eigenvalue weighted by Crippen LogP contribution is 2.32. The molecule has 0 aliphatic heterocycles. The highest BCUT2D eigenvalue weighted by Gasteiger charge is 2.30. The van der Waals surface area contributed by atoms with Crippen molar-refractivity contribution in [2.24, 2.45) is 0 Å². The summed E-state index contributed by atoms with van der Waals surface area (Å²) in [4.78, 5) is 16.9. The molecule has 0 spiro atoms. The third kappa shape index (κ3) is 6.62. The first-order valence-electron chi connectivity index (χ1n) is 12.6. The number of Topliss-reactive ketones (excluding diaryl/α,β-unsaturated/α-hetero) is 1. The van der Waals surface area contributed by atoms with Gasteiger partial charge in [0.05, 0.1) is 22.3 Å². The molecule has 0 unspecified atom stereocenters. The highest BCUT2D eigenvalue weighted by atomic mass is 19.4. The van der Waals surface area contributed by atoms with E-state index in [9.17, 15) is 23.2 Å². The van der Waals surface area contributed by atoms with Crippen molar-refractivity contribution in [3.63, 3.8) is 0 Å². The van der Waals surface area contributed by atoms with Gasteiger partial charge in [-0.15, -0.1) is 0 Å². The summed E-state index contributed by atoms with van der Waals surface area (Å²) in [5.74, 6) is 0.851. The molecule has 0 bridgehead atoms. The maximum Gasteiger partial charge on any atom is 0.416 e. The Morgan fingerprint density at radius 2 is 1.61 bits per heavy atom. The van der Waals surface area contributed by atoms with Crippen LogP contribution in [0.3, 0.4) is 0 Å². The van der Waals surface area contributed by atoms with Crippen LogP contribution in [0.15, 0.2) is 97.2 Å². The lowest BCUT2D eigenvalue weighted by atomic mass is 10.0. The van der Waals surface area contributed by atoms with Crippen LogP contribution in [0.5, 0.6) is 11.5 Å². The summed E-state index contributed by atoms with van der Waals surface area (Å²) >= 11 is 0. The van der Waals surface area contributed by atoms with Crippen molar-refractivity contribution < 1.29 is 22.7 Å². The van der Waals surface area contributed by atoms with Gasteiger partial charge in [0.2, 0.25) is 0 Å². The highest BCUT2D eigenvalue weighted by molar-refractivity contribution is 5.97. The van der Waals surface area contributed by atoms with E-state index >= 15 is 0 Å². The summed E-state index contributed by atoms with van der Waals surface area (Å²) in [5, 5.41) is 13.6. The number of anilines is 3. The number of nitriles is 1. The zero-order valence-electron chi connectivity index (χ0n) is 21.6. The number of rotatable bonds is 8. The number of aromatic nitrogens is 1. The predicted octanol–water partition coefficient (Wildman–Crippen LogP) is 7.60. The topological polar surface area (TPSA) is 101 Å². The number of nitrogen functional groups attached to an aromatic ring is 1. The van der Waals surface area contributed by atoms with Crippen LogP contribution in [0.2, 0.25) is 0 Å². The Hall–Kier alpha value is -5.36. The van der Waals surface area contributed by atoms with E-state index in [2.05, 4.69) is 16.4 Å². The lowest BCUT2D eigenvalue weighted by molar-refractivity contribution is -0.137. The van der Waals surface area contributed by atoms with Gasteiger partial charge in [0.1, 0.15) is 23.4 Å². The second-order valence-electron chi connectivity index (χ2n) is 9.42. The third-order valence-corrected chi connectivity index (χ3v) is 6.33. The van der Waals surface area contributed by atoms with Crippen molar-refractivity contribution in [2.45, 2.75) is 19.0 Å². The molecule has 0 atom stereocenters. The van der Waals surface area contributed by atoms with E-state index in [1.54, 1.807) is 66.7 Å². The molecule has 6 nitrogen and oxygen atoms in total. The average molecular weight is 553 g/mol. The Morgan fingerprint density at radius 3 is 2.32 bits per heavy atom. The summed E-state index contributed by atoms with van der Waals surface area (Å²) < 4.78 is 44.9. The van der Waals surface area contributed by atoms with Gasteiger partial charge < -0.3 is 15.8 Å². The molecule has 5 aromatic rings. The molecule has 0 aliphatic rings. The summed E-state index contributed by atoms with van der Waals surface area (Å²) in [7, 11) is 0. The fourth-order valence-corrected chi connectivity index (χ4v) is 4.41. The van der Waals surface area contributed by atoms with E-state index in [1.807, 2.05) is 0 Å². The van der Waals surface area contributed by atoms with Crippen molar-refractivity contribution in [3.05, 3.63) is 119 Å². The van der Waals surface area contributed by atoms with Crippen LogP contribution in [0.1, 0.15) is 22.3 Å². The Balaban J connectivity index is 1.25. The molecular formula is C32H23F3N4O2. The first-order valence-corrected chi connectivity index (χ1v) is 12.6. The molecule has 3 N–H and O–H groups in total. The molecule has 1 aromatic heterocycles. The summed E-state index contributed by atoms with van der Waals surface area (Å²) in [6.07, 6.45) is -2.99. The molecule has 5 rings (SSSR count). The van der Waals surface area contributed by atoms with Crippen molar-refractivity contribution in [2.75, 3.05) is 11.1 Å². The van der Waals surface area contributed by atoms with E-state index in [0.717, 1.165) is 23.2 Å². The van der Waals surface area contributed by atoms with Crippen LogP contribution in [0.25, 0.3) is 10.9 Å². The first kappa shape index (κ1) is 27.2. The van der Waals surface area contributed by atoms with Gasteiger partial charge in [0.15, 0.2) is 0 Å². The van der Waals surface area contributed by atoms with Gasteiger partial charge in [-0.1, -0.05) is 30.3 Å². The van der Waals surface area contributed by atoms with E-state index in [-0.39, 0.29) is 18.6 Å². The Bertz CT molecular complexity index is 1780. The van der Waals surface area contributed by atoms with E-state index in [0.29, 0.717) is 45.1 Å². The number of hydrogen-bond acceptors (Lipinski definition) is 6. The van der Waals surface area contributed by atoms with Crippen LogP contribution in [-0.2, 0) is 23.8 Å². The lowest BCUT2D eigenvalue weighted by Gasteiger charge is -2.13. The minimum absolute atomic E-state index is 0.0575. The molecule has 9 heteroatoms. The molecule has 204 valence electrons. The minimum atomic E-state index is -4.46. The van der Waals surface area contributed by atoms with Crippen molar-refractivity contribution in [1.29, 1.82) is 5.26 Å². The number of carbonyl (C=O) groups is 1. The molecule has 0 fully saturated rings. The normalized spacial score (nSPS) is 11.2. The van der Waals surface area contributed by atoms with Gasteiger partial charge in [0.25, 0.3) is 0 Å². The Morgan fingerprint density at radius 1 is 0.902 bits per heavy atom. The van der Waals surface area contributed by atoms with E-state index < -0.39 is 11.7 Å². The average Bonchev–Trinajstić information content (AvgIpc) is 2.94. The van der Waals surface area contributed by atoms with Crippen molar-refractivity contribution in [1.82, 2.24) is 4.98 Å². The monoisotopic (exact) mass is 552 g/mol. The number of alkyl halides is 3. The summed E-state index contributed by atoms with van der Waals surface area (Å²) in [6.45, 7) is 0. The largest absolute Gasteiger partial charge is 0.457 e.